The minimum atomic E-state index is -0.763. The van der Waals surface area contributed by atoms with E-state index in [0.717, 1.165) is 6.42 Å². The van der Waals surface area contributed by atoms with Crippen molar-refractivity contribution in [3.63, 3.8) is 0 Å². The van der Waals surface area contributed by atoms with Crippen LogP contribution in [0.25, 0.3) is 0 Å². The summed E-state index contributed by atoms with van der Waals surface area (Å²) in [6.07, 6.45) is 1.29. The number of hydrogen-bond donors (Lipinski definition) is 2. The quantitative estimate of drug-likeness (QED) is 0.794. The highest BCUT2D eigenvalue weighted by atomic mass is 16.5. The molecule has 1 aromatic rings. The zero-order valence-electron chi connectivity index (χ0n) is 11.9. The van der Waals surface area contributed by atoms with Gasteiger partial charge in [0, 0.05) is 25.7 Å². The van der Waals surface area contributed by atoms with Gasteiger partial charge in [-0.2, -0.15) is 0 Å². The predicted molar refractivity (Wildman–Crippen MR) is 77.3 cm³/mol. The summed E-state index contributed by atoms with van der Waals surface area (Å²) in [6.45, 7) is 0.613. The molecular formula is C14H17N3O4. The molecule has 1 fully saturated rings. The summed E-state index contributed by atoms with van der Waals surface area (Å²) in [7, 11) is 2.90. The van der Waals surface area contributed by atoms with Crippen LogP contribution in [0.4, 0.5) is 11.4 Å². The molecule has 1 saturated heterocycles. The van der Waals surface area contributed by atoms with E-state index in [9.17, 15) is 14.4 Å². The molecule has 2 N–H and O–H groups in total. The standard InChI is InChI=1S/C14H17N3O4/c1-15-13(19)14(20)16-9-5-6-11(21-2)10(8-9)17-7-3-4-12(17)18/h5-6,8H,3-4,7H2,1-2H3,(H,15,19)(H,16,20). The van der Waals surface area contributed by atoms with Crippen LogP contribution in [0.1, 0.15) is 12.8 Å². The number of hydrogen-bond acceptors (Lipinski definition) is 4. The molecule has 2 rings (SSSR count). The van der Waals surface area contributed by atoms with E-state index >= 15 is 0 Å². The Bertz CT molecular complexity index is 586. The first-order valence-electron chi connectivity index (χ1n) is 6.58. The fraction of sp³-hybridized carbons (Fsp3) is 0.357. The van der Waals surface area contributed by atoms with E-state index < -0.39 is 11.8 Å². The van der Waals surface area contributed by atoms with Crippen LogP contribution in [0.5, 0.6) is 5.75 Å². The van der Waals surface area contributed by atoms with Crippen LogP contribution in [0, 0.1) is 0 Å². The lowest BCUT2D eigenvalue weighted by Crippen LogP contribution is -2.32. The molecule has 21 heavy (non-hydrogen) atoms. The summed E-state index contributed by atoms with van der Waals surface area (Å²) in [5.74, 6) is -0.933. The minimum Gasteiger partial charge on any atom is -0.495 e. The molecule has 1 aliphatic rings. The first kappa shape index (κ1) is 14.8. The van der Waals surface area contributed by atoms with Crippen molar-refractivity contribution in [3.05, 3.63) is 18.2 Å². The van der Waals surface area contributed by atoms with E-state index in [1.807, 2.05) is 0 Å². The maximum Gasteiger partial charge on any atom is 0.313 e. The third kappa shape index (κ3) is 3.13. The Morgan fingerprint density at radius 1 is 1.29 bits per heavy atom. The van der Waals surface area contributed by atoms with Crippen molar-refractivity contribution >= 4 is 29.1 Å². The van der Waals surface area contributed by atoms with E-state index in [0.29, 0.717) is 30.1 Å². The van der Waals surface area contributed by atoms with Crippen LogP contribution >= 0.6 is 0 Å². The number of carbonyl (C=O) groups is 3. The number of ether oxygens (including phenoxy) is 1. The number of carbonyl (C=O) groups excluding carboxylic acids is 3. The van der Waals surface area contributed by atoms with Crippen molar-refractivity contribution in [2.45, 2.75) is 12.8 Å². The van der Waals surface area contributed by atoms with Gasteiger partial charge in [-0.05, 0) is 24.6 Å². The molecule has 1 aromatic carbocycles. The Morgan fingerprint density at radius 3 is 2.62 bits per heavy atom. The smallest absolute Gasteiger partial charge is 0.313 e. The number of amides is 3. The van der Waals surface area contributed by atoms with Gasteiger partial charge in [0.25, 0.3) is 0 Å². The Kier molecular flexibility index (Phi) is 4.42. The lowest BCUT2D eigenvalue weighted by molar-refractivity contribution is -0.135. The maximum atomic E-state index is 11.8. The van der Waals surface area contributed by atoms with Gasteiger partial charge in [0.15, 0.2) is 0 Å². The van der Waals surface area contributed by atoms with Crippen LogP contribution in [0.3, 0.4) is 0 Å². The topological polar surface area (TPSA) is 87.7 Å². The molecule has 1 aliphatic heterocycles. The van der Waals surface area contributed by atoms with E-state index in [1.165, 1.54) is 14.2 Å². The maximum absolute atomic E-state index is 11.8. The fourth-order valence-electron chi connectivity index (χ4n) is 2.18. The van der Waals surface area contributed by atoms with Crippen LogP contribution in [0.2, 0.25) is 0 Å². The summed E-state index contributed by atoms with van der Waals surface area (Å²) < 4.78 is 5.25. The van der Waals surface area contributed by atoms with Crippen molar-refractivity contribution in [1.29, 1.82) is 0 Å². The number of methoxy groups -OCH3 is 1. The van der Waals surface area contributed by atoms with Crippen LogP contribution in [-0.4, -0.2) is 38.4 Å². The van der Waals surface area contributed by atoms with Gasteiger partial charge in [-0.25, -0.2) is 0 Å². The van der Waals surface area contributed by atoms with Crippen molar-refractivity contribution in [1.82, 2.24) is 5.32 Å². The minimum absolute atomic E-state index is 0.0167. The van der Waals surface area contributed by atoms with Crippen molar-refractivity contribution in [2.24, 2.45) is 0 Å². The largest absolute Gasteiger partial charge is 0.495 e. The van der Waals surface area contributed by atoms with Gasteiger partial charge in [0.05, 0.1) is 12.8 Å². The first-order chi connectivity index (χ1) is 10.1. The Labute approximate surface area is 122 Å². The highest BCUT2D eigenvalue weighted by Crippen LogP contribution is 2.33. The molecule has 0 atom stereocenters. The summed E-state index contributed by atoms with van der Waals surface area (Å²) in [6, 6.07) is 4.90. The van der Waals surface area contributed by atoms with Gasteiger partial charge < -0.3 is 20.3 Å². The lowest BCUT2D eigenvalue weighted by Gasteiger charge is -2.20. The molecule has 0 bridgehead atoms. The third-order valence-electron chi connectivity index (χ3n) is 3.23. The summed E-state index contributed by atoms with van der Waals surface area (Å²) >= 11 is 0. The number of rotatable bonds is 3. The van der Waals surface area contributed by atoms with Crippen molar-refractivity contribution < 1.29 is 19.1 Å². The molecule has 0 unspecified atom stereocenters. The Morgan fingerprint density at radius 2 is 2.05 bits per heavy atom. The van der Waals surface area contributed by atoms with E-state index in [1.54, 1.807) is 23.1 Å². The number of nitrogens with zero attached hydrogens (tertiary/aromatic N) is 1. The number of anilines is 2. The molecule has 0 spiro atoms. The van der Waals surface area contributed by atoms with E-state index in [2.05, 4.69) is 10.6 Å². The molecular weight excluding hydrogens is 274 g/mol. The molecule has 0 aromatic heterocycles. The van der Waals surface area contributed by atoms with Crippen LogP contribution < -0.4 is 20.3 Å². The second kappa shape index (κ2) is 6.25. The predicted octanol–water partition coefficient (Wildman–Crippen LogP) is 0.506. The van der Waals surface area contributed by atoms with E-state index in [4.69, 9.17) is 4.74 Å². The molecule has 7 nitrogen and oxygen atoms in total. The van der Waals surface area contributed by atoms with Gasteiger partial charge in [0.1, 0.15) is 5.75 Å². The van der Waals surface area contributed by atoms with E-state index in [-0.39, 0.29) is 5.91 Å². The second-order valence-corrected chi connectivity index (χ2v) is 4.57. The molecule has 1 heterocycles. The molecule has 3 amide bonds. The van der Waals surface area contributed by atoms with Gasteiger partial charge in [-0.3, -0.25) is 14.4 Å². The molecule has 0 aliphatic carbocycles. The number of benzene rings is 1. The normalized spacial score (nSPS) is 14.0. The molecule has 0 saturated carbocycles. The molecule has 112 valence electrons. The zero-order chi connectivity index (χ0) is 15.4. The van der Waals surface area contributed by atoms with Gasteiger partial charge >= 0.3 is 11.8 Å². The Hall–Kier alpha value is -2.57. The average Bonchev–Trinajstić information content (AvgIpc) is 2.92. The van der Waals surface area contributed by atoms with Gasteiger partial charge in [-0.1, -0.05) is 0 Å². The third-order valence-corrected chi connectivity index (χ3v) is 3.23. The Balaban J connectivity index is 2.27. The van der Waals surface area contributed by atoms with Crippen molar-refractivity contribution in [3.8, 4) is 5.75 Å². The number of likely N-dealkylation sites (N-methyl/N-ethyl adjacent to an activating group) is 1. The number of nitrogens with one attached hydrogen (secondary N) is 2. The monoisotopic (exact) mass is 291 g/mol. The highest BCUT2D eigenvalue weighted by molar-refractivity contribution is 6.39. The van der Waals surface area contributed by atoms with Crippen LogP contribution in [-0.2, 0) is 14.4 Å². The fourth-order valence-corrected chi connectivity index (χ4v) is 2.18. The van der Waals surface area contributed by atoms with Gasteiger partial charge in [-0.15, -0.1) is 0 Å². The summed E-state index contributed by atoms with van der Waals surface area (Å²) in [5, 5.41) is 4.72. The molecule has 7 heteroatoms. The first-order valence-corrected chi connectivity index (χ1v) is 6.58. The zero-order valence-corrected chi connectivity index (χ0v) is 11.9. The van der Waals surface area contributed by atoms with Crippen LogP contribution in [0.15, 0.2) is 18.2 Å². The summed E-state index contributed by atoms with van der Waals surface area (Å²) in [5.41, 5.74) is 1.02. The van der Waals surface area contributed by atoms with Gasteiger partial charge in [0.2, 0.25) is 5.91 Å². The summed E-state index contributed by atoms with van der Waals surface area (Å²) in [4.78, 5) is 36.2. The lowest BCUT2D eigenvalue weighted by atomic mass is 10.2. The second-order valence-electron chi connectivity index (χ2n) is 4.57. The molecule has 0 radical (unpaired) electrons. The average molecular weight is 291 g/mol. The van der Waals surface area contributed by atoms with Crippen molar-refractivity contribution in [2.75, 3.05) is 30.9 Å². The SMILES string of the molecule is CNC(=O)C(=O)Nc1ccc(OC)c(N2CCCC2=O)c1. The highest BCUT2D eigenvalue weighted by Gasteiger charge is 2.25.